The molecule has 1 saturated carbocycles. The highest BCUT2D eigenvalue weighted by molar-refractivity contribution is 7.10. The number of nitrogens with one attached hydrogen (secondary N) is 1. The Bertz CT molecular complexity index is 853. The maximum atomic E-state index is 12.6. The summed E-state index contributed by atoms with van der Waals surface area (Å²) in [7, 11) is 0. The van der Waals surface area contributed by atoms with Crippen LogP contribution in [0.3, 0.4) is 0 Å². The van der Waals surface area contributed by atoms with Gasteiger partial charge in [-0.15, -0.1) is 11.3 Å². The Hall–Kier alpha value is -2.44. The van der Waals surface area contributed by atoms with E-state index in [2.05, 4.69) is 45.4 Å². The van der Waals surface area contributed by atoms with Gasteiger partial charge in [-0.2, -0.15) is 5.10 Å². The third-order valence-electron chi connectivity index (χ3n) is 5.16. The fourth-order valence-electron chi connectivity index (χ4n) is 3.82. The van der Waals surface area contributed by atoms with Crippen molar-refractivity contribution in [2.24, 2.45) is 0 Å². The van der Waals surface area contributed by atoms with E-state index in [0.717, 1.165) is 18.7 Å². The first-order chi connectivity index (χ1) is 13.3. The molecule has 1 aromatic carbocycles. The lowest BCUT2D eigenvalue weighted by Gasteiger charge is -2.16. The van der Waals surface area contributed by atoms with Gasteiger partial charge in [-0.3, -0.25) is 4.79 Å². The molecule has 0 bridgehead atoms. The fourth-order valence-corrected chi connectivity index (χ4v) is 4.67. The van der Waals surface area contributed by atoms with Crippen LogP contribution in [0.2, 0.25) is 0 Å². The van der Waals surface area contributed by atoms with E-state index in [1.807, 2.05) is 28.9 Å². The van der Waals surface area contributed by atoms with E-state index in [1.54, 1.807) is 17.5 Å². The molecule has 1 fully saturated rings. The molecule has 1 atom stereocenters. The van der Waals surface area contributed by atoms with E-state index >= 15 is 0 Å². The quantitative estimate of drug-likeness (QED) is 0.659. The van der Waals surface area contributed by atoms with Crippen LogP contribution in [0.15, 0.2) is 60.1 Å². The summed E-state index contributed by atoms with van der Waals surface area (Å²) in [5.74, 6) is 0.819. The number of nitrogens with zero attached hydrogens (tertiary/aromatic N) is 2. The summed E-state index contributed by atoms with van der Waals surface area (Å²) in [6, 6.07) is 17.0. The van der Waals surface area contributed by atoms with Gasteiger partial charge in [0.2, 0.25) is 0 Å². The van der Waals surface area contributed by atoms with Crippen molar-refractivity contribution in [3.05, 3.63) is 70.5 Å². The van der Waals surface area contributed by atoms with Crippen LogP contribution >= 0.6 is 11.3 Å². The van der Waals surface area contributed by atoms with E-state index in [9.17, 15) is 4.79 Å². The zero-order chi connectivity index (χ0) is 18.5. The third kappa shape index (κ3) is 4.28. The lowest BCUT2D eigenvalue weighted by molar-refractivity contribution is -0.675. The summed E-state index contributed by atoms with van der Waals surface area (Å²) in [6.07, 6.45) is 6.54. The average Bonchev–Trinajstić information content (AvgIpc) is 3.45. The zero-order valence-corrected chi connectivity index (χ0v) is 16.1. The van der Waals surface area contributed by atoms with Crippen LogP contribution in [0.25, 0.3) is 0 Å². The standard InChI is InChI=1S/C21H24N4OS/c26-20(24-19-12-13-23-25(19)17-9-4-5-10-17)15-22-21(18-11-6-14-27-18)16-7-2-1-3-8-16/h1-3,6-8,11-14,17,21-22H,4-5,9-10,15H2,(H,24,26)/p+1/t21-/m1/s1. The second-order valence-electron chi connectivity index (χ2n) is 6.99. The Morgan fingerprint density at radius 2 is 2.00 bits per heavy atom. The summed E-state index contributed by atoms with van der Waals surface area (Å²) in [6.45, 7) is 0.368. The molecule has 1 aliphatic carbocycles. The average molecular weight is 382 g/mol. The number of anilines is 1. The molecule has 0 aliphatic heterocycles. The topological polar surface area (TPSA) is 63.5 Å². The minimum atomic E-state index is 0.00670. The Morgan fingerprint density at radius 1 is 1.19 bits per heavy atom. The lowest BCUT2D eigenvalue weighted by atomic mass is 10.1. The molecule has 4 rings (SSSR count). The largest absolute Gasteiger partial charge is 0.328 e. The van der Waals surface area contributed by atoms with Crippen molar-refractivity contribution in [2.45, 2.75) is 37.8 Å². The number of benzene rings is 1. The fraction of sp³-hybridized carbons (Fsp3) is 0.333. The second-order valence-corrected chi connectivity index (χ2v) is 7.97. The number of quaternary nitrogens is 1. The molecular weight excluding hydrogens is 356 g/mol. The van der Waals surface area contributed by atoms with Crippen molar-refractivity contribution in [1.29, 1.82) is 0 Å². The van der Waals surface area contributed by atoms with Crippen LogP contribution in [0, 0.1) is 0 Å². The highest BCUT2D eigenvalue weighted by atomic mass is 32.1. The molecule has 140 valence electrons. The number of aromatic nitrogens is 2. The molecule has 1 aliphatic rings. The molecular formula is C21H25N4OS+. The van der Waals surface area contributed by atoms with Gasteiger partial charge in [-0.1, -0.05) is 49.2 Å². The monoisotopic (exact) mass is 381 g/mol. The third-order valence-corrected chi connectivity index (χ3v) is 6.11. The van der Waals surface area contributed by atoms with Crippen LogP contribution in [0.5, 0.6) is 0 Å². The van der Waals surface area contributed by atoms with E-state index in [4.69, 9.17) is 0 Å². The highest BCUT2D eigenvalue weighted by Crippen LogP contribution is 2.31. The van der Waals surface area contributed by atoms with Gasteiger partial charge in [-0.25, -0.2) is 4.68 Å². The minimum absolute atomic E-state index is 0.00670. The molecule has 27 heavy (non-hydrogen) atoms. The molecule has 2 aromatic heterocycles. The predicted octanol–water partition coefficient (Wildman–Crippen LogP) is 3.35. The number of thiophene rings is 1. The van der Waals surface area contributed by atoms with Gasteiger partial charge >= 0.3 is 0 Å². The van der Waals surface area contributed by atoms with Crippen LogP contribution < -0.4 is 10.6 Å². The number of nitrogens with two attached hydrogens (primary N) is 1. The molecule has 0 radical (unpaired) electrons. The first-order valence-corrected chi connectivity index (χ1v) is 10.4. The Morgan fingerprint density at radius 3 is 2.74 bits per heavy atom. The van der Waals surface area contributed by atoms with E-state index in [0.29, 0.717) is 12.6 Å². The van der Waals surface area contributed by atoms with Crippen LogP contribution in [0.1, 0.15) is 48.2 Å². The number of amides is 1. The molecule has 0 saturated heterocycles. The van der Waals surface area contributed by atoms with Crippen molar-refractivity contribution in [3.8, 4) is 0 Å². The van der Waals surface area contributed by atoms with Crippen molar-refractivity contribution < 1.29 is 10.1 Å². The van der Waals surface area contributed by atoms with Gasteiger partial charge in [-0.05, 0) is 24.3 Å². The molecule has 3 N–H and O–H groups in total. The molecule has 3 aromatic rings. The van der Waals surface area contributed by atoms with Gasteiger partial charge in [0.1, 0.15) is 11.9 Å². The van der Waals surface area contributed by atoms with Crippen LogP contribution in [-0.4, -0.2) is 22.2 Å². The van der Waals surface area contributed by atoms with Gasteiger partial charge < -0.3 is 10.6 Å². The number of hydrogen-bond donors (Lipinski definition) is 2. The Balaban J connectivity index is 1.41. The van der Waals surface area contributed by atoms with Crippen LogP contribution in [-0.2, 0) is 4.79 Å². The van der Waals surface area contributed by atoms with Crippen molar-refractivity contribution in [2.75, 3.05) is 11.9 Å². The molecule has 0 unspecified atom stereocenters. The molecule has 1 amide bonds. The first-order valence-electron chi connectivity index (χ1n) is 9.56. The van der Waals surface area contributed by atoms with Gasteiger partial charge in [0.25, 0.3) is 5.91 Å². The second kappa shape index (κ2) is 8.50. The van der Waals surface area contributed by atoms with Crippen molar-refractivity contribution in [1.82, 2.24) is 9.78 Å². The van der Waals surface area contributed by atoms with E-state index < -0.39 is 0 Å². The Labute approximate surface area is 163 Å². The molecule has 2 heterocycles. The summed E-state index contributed by atoms with van der Waals surface area (Å²) in [4.78, 5) is 13.9. The first kappa shape index (κ1) is 17.9. The summed E-state index contributed by atoms with van der Waals surface area (Å²) < 4.78 is 1.98. The minimum Gasteiger partial charge on any atom is -0.328 e. The normalized spacial score (nSPS) is 15.7. The summed E-state index contributed by atoms with van der Waals surface area (Å²) in [5, 5.41) is 11.7. The van der Waals surface area contributed by atoms with Gasteiger partial charge in [0, 0.05) is 11.6 Å². The molecule has 0 spiro atoms. The zero-order valence-electron chi connectivity index (χ0n) is 15.3. The molecule has 6 heteroatoms. The summed E-state index contributed by atoms with van der Waals surface area (Å²) >= 11 is 1.73. The van der Waals surface area contributed by atoms with E-state index in [-0.39, 0.29) is 11.9 Å². The van der Waals surface area contributed by atoms with Gasteiger partial charge in [0.05, 0.1) is 17.1 Å². The Kier molecular flexibility index (Phi) is 5.65. The smallest absolute Gasteiger partial charge is 0.280 e. The van der Waals surface area contributed by atoms with Gasteiger partial charge in [0.15, 0.2) is 6.54 Å². The van der Waals surface area contributed by atoms with Crippen molar-refractivity contribution >= 4 is 23.1 Å². The SMILES string of the molecule is O=C(C[NH2+][C@H](c1ccccc1)c1cccs1)Nc1ccnn1C1CCCC1. The predicted molar refractivity (Wildman–Crippen MR) is 108 cm³/mol. The lowest BCUT2D eigenvalue weighted by Crippen LogP contribution is -2.87. The van der Waals surface area contributed by atoms with Crippen molar-refractivity contribution in [3.63, 3.8) is 0 Å². The number of carbonyl (C=O) groups excluding carboxylic acids is 1. The summed E-state index contributed by atoms with van der Waals surface area (Å²) in [5.41, 5.74) is 1.21. The maximum absolute atomic E-state index is 12.6. The number of carbonyl (C=O) groups is 1. The maximum Gasteiger partial charge on any atom is 0.280 e. The number of hydrogen-bond acceptors (Lipinski definition) is 3. The number of rotatable bonds is 7. The van der Waals surface area contributed by atoms with E-state index in [1.165, 1.54) is 23.3 Å². The highest BCUT2D eigenvalue weighted by Gasteiger charge is 2.22. The van der Waals surface area contributed by atoms with Crippen LogP contribution in [0.4, 0.5) is 5.82 Å². The molecule has 5 nitrogen and oxygen atoms in total.